The van der Waals surface area contributed by atoms with Crippen molar-refractivity contribution in [2.24, 2.45) is 0 Å². The zero-order valence-electron chi connectivity index (χ0n) is 10.7. The van der Waals surface area contributed by atoms with Gasteiger partial charge >= 0.3 is 0 Å². The number of unbranched alkanes of at least 4 members (excludes halogenated alkanes) is 2. The maximum absolute atomic E-state index is 4.00. The molecule has 96 valence electrons. The Morgan fingerprint density at radius 2 is 2.00 bits per heavy atom. The van der Waals surface area contributed by atoms with Crippen LogP contribution < -0.4 is 5.32 Å². The first-order valence-electron chi connectivity index (χ1n) is 6.47. The number of nitrogens with one attached hydrogen (secondary N) is 1. The molecule has 18 heavy (non-hydrogen) atoms. The molecule has 0 saturated heterocycles. The van der Waals surface area contributed by atoms with Gasteiger partial charge in [-0.3, -0.25) is 0 Å². The van der Waals surface area contributed by atoms with E-state index in [2.05, 4.69) is 46.1 Å². The summed E-state index contributed by atoms with van der Waals surface area (Å²) in [6.07, 6.45) is 5.07. The number of hydrogen-bond acceptors (Lipinski definition) is 4. The van der Waals surface area contributed by atoms with Crippen molar-refractivity contribution in [3.63, 3.8) is 0 Å². The summed E-state index contributed by atoms with van der Waals surface area (Å²) in [5, 5.41) is 9.31. The highest BCUT2D eigenvalue weighted by atomic mass is 32.1. The zero-order valence-corrected chi connectivity index (χ0v) is 11.5. The molecule has 1 aromatic carbocycles. The Labute approximate surface area is 112 Å². The summed E-state index contributed by atoms with van der Waals surface area (Å²) < 4.78 is 3.84. The van der Waals surface area contributed by atoms with E-state index in [1.165, 1.54) is 42.8 Å². The fourth-order valence-electron chi connectivity index (χ4n) is 1.82. The van der Waals surface area contributed by atoms with Gasteiger partial charge in [-0.25, -0.2) is 0 Å². The maximum Gasteiger partial charge on any atom is 0.0946 e. The van der Waals surface area contributed by atoms with Crippen LogP contribution in [0.3, 0.4) is 0 Å². The van der Waals surface area contributed by atoms with E-state index in [4.69, 9.17) is 0 Å². The summed E-state index contributed by atoms with van der Waals surface area (Å²) >= 11 is 1.39. The van der Waals surface area contributed by atoms with Crippen molar-refractivity contribution in [1.82, 2.24) is 9.59 Å². The standard InChI is InChI=1S/C14H19N3S/c1-2-3-4-5-12-6-8-13(9-7-12)15-10-14-11-18-17-16-14/h6-9,11,15H,2-5,10H2,1H3. The fraction of sp³-hybridized carbons (Fsp3) is 0.429. The van der Waals surface area contributed by atoms with Gasteiger partial charge in [-0.05, 0) is 42.1 Å². The summed E-state index contributed by atoms with van der Waals surface area (Å²) in [6.45, 7) is 2.98. The van der Waals surface area contributed by atoms with E-state index in [-0.39, 0.29) is 0 Å². The predicted octanol–water partition coefficient (Wildman–Crippen LogP) is 3.88. The molecule has 0 amide bonds. The van der Waals surface area contributed by atoms with Crippen LogP contribution in [-0.2, 0) is 13.0 Å². The van der Waals surface area contributed by atoms with Gasteiger partial charge in [-0.2, -0.15) is 0 Å². The average Bonchev–Trinajstić information content (AvgIpc) is 2.91. The van der Waals surface area contributed by atoms with Gasteiger partial charge in [-0.1, -0.05) is 36.4 Å². The lowest BCUT2D eigenvalue weighted by Crippen LogP contribution is -1.99. The van der Waals surface area contributed by atoms with Gasteiger partial charge in [-0.15, -0.1) is 5.10 Å². The molecule has 0 aliphatic rings. The molecule has 2 aromatic rings. The van der Waals surface area contributed by atoms with E-state index in [1.807, 2.05) is 5.38 Å². The molecule has 1 aromatic heterocycles. The highest BCUT2D eigenvalue weighted by Gasteiger charge is 1.97. The minimum atomic E-state index is 0.742. The third kappa shape index (κ3) is 4.11. The van der Waals surface area contributed by atoms with Crippen LogP contribution in [0.4, 0.5) is 5.69 Å². The molecule has 0 aliphatic carbocycles. The van der Waals surface area contributed by atoms with Crippen LogP contribution in [0.2, 0.25) is 0 Å². The number of hydrogen-bond donors (Lipinski definition) is 1. The van der Waals surface area contributed by atoms with Gasteiger partial charge < -0.3 is 5.32 Å². The van der Waals surface area contributed by atoms with Crippen LogP contribution >= 0.6 is 11.5 Å². The summed E-state index contributed by atoms with van der Waals surface area (Å²) in [7, 11) is 0. The third-order valence-corrected chi connectivity index (χ3v) is 3.46. The van der Waals surface area contributed by atoms with Gasteiger partial charge in [0.1, 0.15) is 0 Å². The normalized spacial score (nSPS) is 10.5. The van der Waals surface area contributed by atoms with Crippen LogP contribution in [0, 0.1) is 0 Å². The second-order valence-corrected chi connectivity index (χ2v) is 5.01. The van der Waals surface area contributed by atoms with Crippen LogP contribution in [0.15, 0.2) is 29.6 Å². The Hall–Kier alpha value is -1.42. The Balaban J connectivity index is 1.80. The van der Waals surface area contributed by atoms with Crippen molar-refractivity contribution in [2.45, 2.75) is 39.2 Å². The molecule has 1 N–H and O–H groups in total. The second-order valence-electron chi connectivity index (χ2n) is 4.40. The molecule has 0 bridgehead atoms. The molecule has 0 fully saturated rings. The summed E-state index contributed by atoms with van der Waals surface area (Å²) in [5.74, 6) is 0. The van der Waals surface area contributed by atoms with Gasteiger partial charge in [0, 0.05) is 11.1 Å². The fourth-order valence-corrected chi connectivity index (χ4v) is 2.27. The first-order valence-corrected chi connectivity index (χ1v) is 7.31. The van der Waals surface area contributed by atoms with E-state index in [9.17, 15) is 0 Å². The van der Waals surface area contributed by atoms with Gasteiger partial charge in [0.2, 0.25) is 0 Å². The van der Waals surface area contributed by atoms with Crippen molar-refractivity contribution < 1.29 is 0 Å². The van der Waals surface area contributed by atoms with Crippen LogP contribution in [-0.4, -0.2) is 9.59 Å². The molecule has 0 atom stereocenters. The van der Waals surface area contributed by atoms with Crippen molar-refractivity contribution in [3.8, 4) is 0 Å². The third-order valence-electron chi connectivity index (χ3n) is 2.90. The van der Waals surface area contributed by atoms with Crippen molar-refractivity contribution in [3.05, 3.63) is 40.9 Å². The molecular formula is C14H19N3S. The summed E-state index contributed by atoms with van der Waals surface area (Å²) in [4.78, 5) is 0. The second kappa shape index (κ2) is 7.11. The number of rotatable bonds is 7. The molecule has 2 rings (SSSR count). The zero-order chi connectivity index (χ0) is 12.6. The quantitative estimate of drug-likeness (QED) is 0.768. The van der Waals surface area contributed by atoms with E-state index in [1.54, 1.807) is 0 Å². The van der Waals surface area contributed by atoms with E-state index in [0.717, 1.165) is 17.9 Å². The van der Waals surface area contributed by atoms with E-state index in [0.29, 0.717) is 0 Å². The minimum absolute atomic E-state index is 0.742. The molecule has 0 aliphatic heterocycles. The molecule has 4 heteroatoms. The SMILES string of the molecule is CCCCCc1ccc(NCc2csnn2)cc1. The lowest BCUT2D eigenvalue weighted by molar-refractivity contribution is 0.717. The Kier molecular flexibility index (Phi) is 5.15. The number of aryl methyl sites for hydroxylation is 1. The number of benzene rings is 1. The Bertz CT molecular complexity index is 437. The molecule has 0 saturated carbocycles. The molecule has 1 heterocycles. The minimum Gasteiger partial charge on any atom is -0.379 e. The molecule has 0 radical (unpaired) electrons. The van der Waals surface area contributed by atoms with Crippen LogP contribution in [0.1, 0.15) is 37.4 Å². The largest absolute Gasteiger partial charge is 0.379 e. The molecular weight excluding hydrogens is 242 g/mol. The first-order chi connectivity index (χ1) is 8.88. The molecule has 0 unspecified atom stereocenters. The van der Waals surface area contributed by atoms with Crippen molar-refractivity contribution in [2.75, 3.05) is 5.32 Å². The van der Waals surface area contributed by atoms with Gasteiger partial charge in [0.05, 0.1) is 12.2 Å². The molecule has 3 nitrogen and oxygen atoms in total. The van der Waals surface area contributed by atoms with Gasteiger partial charge in [0.15, 0.2) is 0 Å². The monoisotopic (exact) mass is 261 g/mol. The maximum atomic E-state index is 4.00. The average molecular weight is 261 g/mol. The lowest BCUT2D eigenvalue weighted by atomic mass is 10.1. The van der Waals surface area contributed by atoms with E-state index >= 15 is 0 Å². The predicted molar refractivity (Wildman–Crippen MR) is 76.9 cm³/mol. The smallest absolute Gasteiger partial charge is 0.0946 e. The highest BCUT2D eigenvalue weighted by molar-refractivity contribution is 7.03. The Morgan fingerprint density at radius 1 is 1.17 bits per heavy atom. The first kappa shape index (κ1) is 13.0. The number of aromatic nitrogens is 2. The molecule has 0 spiro atoms. The Morgan fingerprint density at radius 3 is 2.67 bits per heavy atom. The van der Waals surface area contributed by atoms with E-state index < -0.39 is 0 Å². The summed E-state index contributed by atoms with van der Waals surface area (Å²) in [5.41, 5.74) is 3.55. The number of nitrogens with zero attached hydrogens (tertiary/aromatic N) is 2. The van der Waals surface area contributed by atoms with Crippen LogP contribution in [0.5, 0.6) is 0 Å². The van der Waals surface area contributed by atoms with Gasteiger partial charge in [0.25, 0.3) is 0 Å². The number of anilines is 1. The topological polar surface area (TPSA) is 37.8 Å². The van der Waals surface area contributed by atoms with Crippen molar-refractivity contribution >= 4 is 17.2 Å². The highest BCUT2D eigenvalue weighted by Crippen LogP contribution is 2.13. The lowest BCUT2D eigenvalue weighted by Gasteiger charge is -2.06. The van der Waals surface area contributed by atoms with Crippen molar-refractivity contribution in [1.29, 1.82) is 0 Å². The summed E-state index contributed by atoms with van der Waals surface area (Å²) in [6, 6.07) is 8.69. The van der Waals surface area contributed by atoms with Crippen LogP contribution in [0.25, 0.3) is 0 Å².